The number of nitrogens with two attached hydrogens (primary N) is 1. The summed E-state index contributed by atoms with van der Waals surface area (Å²) in [6, 6.07) is 10.9. The summed E-state index contributed by atoms with van der Waals surface area (Å²) >= 11 is 0. The molecule has 0 bridgehead atoms. The second kappa shape index (κ2) is 10.7. The van der Waals surface area contributed by atoms with Gasteiger partial charge in [0.05, 0.1) is 48.7 Å². The third-order valence-electron chi connectivity index (χ3n) is 6.26. The summed E-state index contributed by atoms with van der Waals surface area (Å²) in [6.45, 7) is 2.00. The standard InChI is InChI=1S/C25H29N3O7S/c1-17-22(25(26)30)13-23(28(17)15-20-6-4-12-35-20)24(29)16-27(14-19-5-3-11-34-19)36(31,32)21-9-7-18(33-2)8-10-21/h4,6-10,12-13,19H,3,5,11,14-16H2,1-2H3,(H2,26,30). The Kier molecular flexibility index (Phi) is 7.62. The van der Waals surface area contributed by atoms with E-state index in [1.807, 2.05) is 0 Å². The van der Waals surface area contributed by atoms with E-state index in [0.29, 0.717) is 30.2 Å². The van der Waals surface area contributed by atoms with Crippen LogP contribution < -0.4 is 10.5 Å². The zero-order chi connectivity index (χ0) is 25.9. The van der Waals surface area contributed by atoms with Crippen LogP contribution in [-0.2, 0) is 21.3 Å². The molecule has 36 heavy (non-hydrogen) atoms. The Bertz CT molecular complexity index is 1320. The smallest absolute Gasteiger partial charge is 0.250 e. The number of benzene rings is 1. The van der Waals surface area contributed by atoms with Gasteiger partial charge in [0.2, 0.25) is 10.0 Å². The summed E-state index contributed by atoms with van der Waals surface area (Å²) in [5.41, 5.74) is 6.38. The number of hydrogen-bond acceptors (Lipinski definition) is 7. The van der Waals surface area contributed by atoms with Gasteiger partial charge in [-0.3, -0.25) is 9.59 Å². The maximum absolute atomic E-state index is 13.6. The first-order valence-electron chi connectivity index (χ1n) is 11.5. The number of aromatic nitrogens is 1. The zero-order valence-electron chi connectivity index (χ0n) is 20.2. The van der Waals surface area contributed by atoms with Crippen molar-refractivity contribution in [3.63, 3.8) is 0 Å². The van der Waals surface area contributed by atoms with E-state index in [1.165, 1.54) is 31.6 Å². The van der Waals surface area contributed by atoms with Crippen LogP contribution in [0.15, 0.2) is 58.0 Å². The molecule has 1 fully saturated rings. The molecule has 1 amide bonds. The second-order valence-corrected chi connectivity index (χ2v) is 10.5. The van der Waals surface area contributed by atoms with Crippen molar-refractivity contribution in [1.82, 2.24) is 8.87 Å². The Morgan fingerprint density at radius 2 is 1.97 bits per heavy atom. The monoisotopic (exact) mass is 515 g/mol. The van der Waals surface area contributed by atoms with Crippen LogP contribution in [0.5, 0.6) is 5.75 Å². The molecular formula is C25H29N3O7S. The van der Waals surface area contributed by atoms with Crippen molar-refractivity contribution in [2.45, 2.75) is 37.3 Å². The average Bonchev–Trinajstić information content (AvgIpc) is 3.62. The minimum atomic E-state index is -4.04. The van der Waals surface area contributed by atoms with Gasteiger partial charge in [0.1, 0.15) is 11.5 Å². The molecule has 0 saturated carbocycles. The van der Waals surface area contributed by atoms with E-state index < -0.39 is 28.3 Å². The topological polar surface area (TPSA) is 134 Å². The summed E-state index contributed by atoms with van der Waals surface area (Å²) in [6.07, 6.45) is 2.71. The number of amides is 1. The summed E-state index contributed by atoms with van der Waals surface area (Å²) < 4.78 is 46.1. The molecule has 4 rings (SSSR count). The number of methoxy groups -OCH3 is 1. The van der Waals surface area contributed by atoms with E-state index >= 15 is 0 Å². The number of carbonyl (C=O) groups excluding carboxylic acids is 2. The molecule has 1 saturated heterocycles. The number of primary amides is 1. The van der Waals surface area contributed by atoms with Crippen LogP contribution in [-0.4, -0.2) is 61.9 Å². The van der Waals surface area contributed by atoms with Crippen LogP contribution in [0.2, 0.25) is 0 Å². The molecule has 10 nitrogen and oxygen atoms in total. The highest BCUT2D eigenvalue weighted by Crippen LogP contribution is 2.24. The number of furan rings is 1. The molecule has 3 aromatic rings. The lowest BCUT2D eigenvalue weighted by Gasteiger charge is -2.24. The molecule has 1 aliphatic rings. The van der Waals surface area contributed by atoms with Crippen LogP contribution in [0, 0.1) is 6.92 Å². The fourth-order valence-electron chi connectivity index (χ4n) is 4.29. The van der Waals surface area contributed by atoms with Crippen molar-refractivity contribution in [3.8, 4) is 5.75 Å². The molecule has 192 valence electrons. The van der Waals surface area contributed by atoms with Gasteiger partial charge in [0.15, 0.2) is 5.78 Å². The van der Waals surface area contributed by atoms with Crippen LogP contribution in [0.25, 0.3) is 0 Å². The van der Waals surface area contributed by atoms with E-state index in [9.17, 15) is 18.0 Å². The molecule has 1 unspecified atom stereocenters. The van der Waals surface area contributed by atoms with Gasteiger partial charge in [-0.1, -0.05) is 0 Å². The number of carbonyl (C=O) groups is 2. The van der Waals surface area contributed by atoms with Crippen molar-refractivity contribution >= 4 is 21.7 Å². The van der Waals surface area contributed by atoms with Crippen LogP contribution >= 0.6 is 0 Å². The first-order chi connectivity index (χ1) is 17.2. The van der Waals surface area contributed by atoms with Gasteiger partial charge in [0.25, 0.3) is 5.91 Å². The Hall–Kier alpha value is -3.41. The lowest BCUT2D eigenvalue weighted by atomic mass is 10.2. The molecule has 1 atom stereocenters. The van der Waals surface area contributed by atoms with Gasteiger partial charge in [-0.15, -0.1) is 0 Å². The number of rotatable bonds is 11. The van der Waals surface area contributed by atoms with Gasteiger partial charge in [-0.05, 0) is 62.2 Å². The fraction of sp³-hybridized carbons (Fsp3) is 0.360. The van der Waals surface area contributed by atoms with Crippen molar-refractivity contribution in [1.29, 1.82) is 0 Å². The molecule has 3 heterocycles. The summed E-state index contributed by atoms with van der Waals surface area (Å²) in [5.74, 6) is -0.0733. The van der Waals surface area contributed by atoms with Gasteiger partial charge in [-0.2, -0.15) is 4.31 Å². The SMILES string of the molecule is COc1ccc(S(=O)(=O)N(CC(=O)c2cc(C(N)=O)c(C)n2Cc2ccco2)CC2CCCO2)cc1. The van der Waals surface area contributed by atoms with Gasteiger partial charge in [0, 0.05) is 18.8 Å². The zero-order valence-corrected chi connectivity index (χ0v) is 21.0. The number of nitrogens with zero attached hydrogens (tertiary/aromatic N) is 2. The van der Waals surface area contributed by atoms with Crippen LogP contribution in [0.1, 0.15) is 45.1 Å². The number of ketones is 1. The number of Topliss-reactive ketones (excluding diaryl/α,β-unsaturated/α-hetero) is 1. The highest BCUT2D eigenvalue weighted by molar-refractivity contribution is 7.89. The molecule has 0 spiro atoms. The summed E-state index contributed by atoms with van der Waals surface area (Å²) in [4.78, 5) is 25.6. The summed E-state index contributed by atoms with van der Waals surface area (Å²) in [5, 5.41) is 0. The second-order valence-electron chi connectivity index (χ2n) is 8.59. The van der Waals surface area contributed by atoms with E-state index in [4.69, 9.17) is 19.6 Å². The van der Waals surface area contributed by atoms with Crippen molar-refractivity contribution in [2.75, 3.05) is 26.8 Å². The lowest BCUT2D eigenvalue weighted by molar-refractivity contribution is 0.0837. The summed E-state index contributed by atoms with van der Waals surface area (Å²) in [7, 11) is -2.55. The molecule has 1 aliphatic heterocycles. The molecule has 1 aromatic carbocycles. The van der Waals surface area contributed by atoms with Crippen LogP contribution in [0.3, 0.4) is 0 Å². The third-order valence-corrected chi connectivity index (χ3v) is 8.09. The Morgan fingerprint density at radius 1 is 1.22 bits per heavy atom. The number of ether oxygens (including phenoxy) is 2. The predicted octanol–water partition coefficient (Wildman–Crippen LogP) is 2.60. The lowest BCUT2D eigenvalue weighted by Crippen LogP contribution is -2.41. The largest absolute Gasteiger partial charge is 0.497 e. The van der Waals surface area contributed by atoms with Gasteiger partial charge >= 0.3 is 0 Å². The first kappa shape index (κ1) is 25.7. The molecule has 2 N–H and O–H groups in total. The molecule has 0 aliphatic carbocycles. The van der Waals surface area contributed by atoms with Crippen molar-refractivity contribution in [2.24, 2.45) is 5.73 Å². The molecule has 11 heteroatoms. The Labute approximate surface area is 209 Å². The van der Waals surface area contributed by atoms with E-state index in [0.717, 1.165) is 10.7 Å². The Morgan fingerprint density at radius 3 is 2.56 bits per heavy atom. The predicted molar refractivity (Wildman–Crippen MR) is 131 cm³/mol. The van der Waals surface area contributed by atoms with Crippen molar-refractivity contribution in [3.05, 3.63) is 71.4 Å². The Balaban J connectivity index is 1.68. The minimum Gasteiger partial charge on any atom is -0.497 e. The molecule has 0 radical (unpaired) electrons. The fourth-order valence-corrected chi connectivity index (χ4v) is 5.72. The average molecular weight is 516 g/mol. The first-order valence-corrected chi connectivity index (χ1v) is 13.0. The van der Waals surface area contributed by atoms with E-state index in [-0.39, 0.29) is 35.3 Å². The normalized spacial score (nSPS) is 15.9. The highest BCUT2D eigenvalue weighted by Gasteiger charge is 2.32. The minimum absolute atomic E-state index is 0.0284. The quantitative estimate of drug-likeness (QED) is 0.388. The molecular weight excluding hydrogens is 486 g/mol. The highest BCUT2D eigenvalue weighted by atomic mass is 32.2. The van der Waals surface area contributed by atoms with Crippen LogP contribution in [0.4, 0.5) is 0 Å². The van der Waals surface area contributed by atoms with Gasteiger partial charge < -0.3 is 24.2 Å². The van der Waals surface area contributed by atoms with Gasteiger partial charge in [-0.25, -0.2) is 8.42 Å². The molecule has 2 aromatic heterocycles. The van der Waals surface area contributed by atoms with E-state index in [1.54, 1.807) is 35.8 Å². The number of sulfonamides is 1. The third kappa shape index (κ3) is 5.38. The maximum Gasteiger partial charge on any atom is 0.250 e. The van der Waals surface area contributed by atoms with E-state index in [2.05, 4.69) is 0 Å². The number of hydrogen-bond donors (Lipinski definition) is 1. The van der Waals surface area contributed by atoms with Crippen molar-refractivity contribution < 1.29 is 31.9 Å². The maximum atomic E-state index is 13.6.